The molecule has 0 atom stereocenters. The van der Waals surface area contributed by atoms with Crippen molar-refractivity contribution < 1.29 is 8.42 Å². The molecule has 1 fully saturated rings. The van der Waals surface area contributed by atoms with Gasteiger partial charge in [-0.15, -0.1) is 0 Å². The summed E-state index contributed by atoms with van der Waals surface area (Å²) in [6.07, 6.45) is 8.67. The summed E-state index contributed by atoms with van der Waals surface area (Å²) in [4.78, 5) is 0. The van der Waals surface area contributed by atoms with Crippen LogP contribution < -0.4 is 0 Å². The fraction of sp³-hybridized carbons (Fsp3) is 0.647. The summed E-state index contributed by atoms with van der Waals surface area (Å²) < 4.78 is 21.8. The summed E-state index contributed by atoms with van der Waals surface area (Å²) in [5, 5.41) is -0.229. The Bertz CT molecular complexity index is 449. The van der Waals surface area contributed by atoms with Gasteiger partial charge in [-0.1, -0.05) is 73.2 Å². The lowest BCUT2D eigenvalue weighted by molar-refractivity contribution is 0.531. The Kier molecular flexibility index (Phi) is 11.1. The van der Waals surface area contributed by atoms with E-state index in [1.807, 2.05) is 30.3 Å². The topological polar surface area (TPSA) is 34.1 Å². The van der Waals surface area contributed by atoms with Gasteiger partial charge in [0.05, 0.1) is 5.25 Å². The van der Waals surface area contributed by atoms with Crippen LogP contribution >= 0.6 is 15.9 Å². The highest BCUT2D eigenvalue weighted by atomic mass is 79.9. The number of rotatable bonds is 2. The second-order valence-electron chi connectivity index (χ2n) is 5.73. The highest BCUT2D eigenvalue weighted by molar-refractivity contribution is 9.10. The normalized spacial score (nSPS) is 15.0. The Hall–Kier alpha value is -0.350. The lowest BCUT2D eigenvalue weighted by atomic mass is 10.1. The first-order chi connectivity index (χ1) is 9.77. The third kappa shape index (κ3) is 11.9. The molecular weight excluding hydrogens is 348 g/mol. The fourth-order valence-electron chi connectivity index (χ4n) is 1.83. The molecule has 1 aliphatic rings. The Morgan fingerprint density at radius 2 is 1.57 bits per heavy atom. The minimum Gasteiger partial charge on any atom is -0.229 e. The van der Waals surface area contributed by atoms with Crippen molar-refractivity contribution in [3.8, 4) is 0 Å². The summed E-state index contributed by atoms with van der Waals surface area (Å²) >= 11 is 3.31. The van der Waals surface area contributed by atoms with Crippen LogP contribution in [0.1, 0.15) is 52.9 Å². The molecule has 0 N–H and O–H groups in total. The molecule has 122 valence electrons. The van der Waals surface area contributed by atoms with Crippen LogP contribution in [0.25, 0.3) is 0 Å². The molecule has 1 aromatic carbocycles. The molecule has 4 heteroatoms. The first-order valence-corrected chi connectivity index (χ1v) is 10.4. The van der Waals surface area contributed by atoms with Gasteiger partial charge in [0.2, 0.25) is 0 Å². The molecule has 2 nitrogen and oxygen atoms in total. The highest BCUT2D eigenvalue weighted by Crippen LogP contribution is 2.26. The molecule has 0 unspecified atom stereocenters. The zero-order valence-electron chi connectivity index (χ0n) is 13.7. The predicted molar refractivity (Wildman–Crippen MR) is 96.4 cm³/mol. The van der Waals surface area contributed by atoms with Gasteiger partial charge in [-0.05, 0) is 31.9 Å². The van der Waals surface area contributed by atoms with Gasteiger partial charge in [0.1, 0.15) is 9.84 Å². The molecule has 0 heterocycles. The van der Waals surface area contributed by atoms with Crippen molar-refractivity contribution >= 4 is 25.8 Å². The number of hydrogen-bond donors (Lipinski definition) is 0. The molecule has 0 radical (unpaired) electrons. The Balaban J connectivity index is 0.000000286. The molecule has 0 amide bonds. The number of benzene rings is 1. The Morgan fingerprint density at radius 1 is 1.14 bits per heavy atom. The highest BCUT2D eigenvalue weighted by Gasteiger charge is 2.11. The van der Waals surface area contributed by atoms with Gasteiger partial charge in [-0.25, -0.2) is 8.42 Å². The average Bonchev–Trinajstić information content (AvgIpc) is 2.93. The second-order valence-corrected chi connectivity index (χ2v) is 9.25. The van der Waals surface area contributed by atoms with E-state index in [9.17, 15) is 8.42 Å². The van der Waals surface area contributed by atoms with Gasteiger partial charge in [0, 0.05) is 10.7 Å². The quantitative estimate of drug-likeness (QED) is 0.684. The molecule has 1 saturated carbocycles. The van der Waals surface area contributed by atoms with Crippen molar-refractivity contribution in [3.05, 3.63) is 34.8 Å². The van der Waals surface area contributed by atoms with E-state index in [1.54, 1.807) is 13.8 Å². The minimum absolute atomic E-state index is 0.229. The van der Waals surface area contributed by atoms with Crippen LogP contribution in [0.5, 0.6) is 0 Å². The fourth-order valence-corrected chi connectivity index (χ4v) is 2.14. The van der Waals surface area contributed by atoms with Gasteiger partial charge in [0.25, 0.3) is 0 Å². The van der Waals surface area contributed by atoms with Gasteiger partial charge < -0.3 is 0 Å². The van der Waals surface area contributed by atoms with E-state index >= 15 is 0 Å². The van der Waals surface area contributed by atoms with Crippen molar-refractivity contribution in [2.24, 2.45) is 5.92 Å². The molecule has 2 rings (SSSR count). The van der Waals surface area contributed by atoms with E-state index in [0.717, 1.165) is 10.4 Å². The average molecular weight is 377 g/mol. The third-order valence-electron chi connectivity index (χ3n) is 3.64. The van der Waals surface area contributed by atoms with Crippen LogP contribution in [0.15, 0.2) is 34.8 Å². The molecule has 0 aliphatic heterocycles. The molecule has 0 aromatic heterocycles. The van der Waals surface area contributed by atoms with E-state index in [1.165, 1.54) is 38.4 Å². The minimum atomic E-state index is -2.74. The lowest BCUT2D eigenvalue weighted by Gasteiger charge is -1.99. The summed E-state index contributed by atoms with van der Waals surface area (Å²) in [7, 11) is -2.74. The summed E-state index contributed by atoms with van der Waals surface area (Å²) in [6, 6.07) is 9.97. The van der Waals surface area contributed by atoms with Crippen LogP contribution in [0.4, 0.5) is 0 Å². The van der Waals surface area contributed by atoms with Crippen molar-refractivity contribution in [2.75, 3.05) is 6.26 Å². The maximum atomic E-state index is 10.3. The van der Waals surface area contributed by atoms with E-state index < -0.39 is 9.84 Å². The second kappa shape index (κ2) is 11.2. The van der Waals surface area contributed by atoms with Crippen molar-refractivity contribution in [2.45, 2.75) is 58.1 Å². The summed E-state index contributed by atoms with van der Waals surface area (Å²) in [5.74, 6) is 1.10. The van der Waals surface area contributed by atoms with Crippen molar-refractivity contribution in [1.29, 1.82) is 0 Å². The number of halogens is 1. The van der Waals surface area contributed by atoms with Crippen molar-refractivity contribution in [1.82, 2.24) is 0 Å². The number of sulfone groups is 1. The summed E-state index contributed by atoms with van der Waals surface area (Å²) in [5.41, 5.74) is 0. The third-order valence-corrected chi connectivity index (χ3v) is 5.88. The molecule has 0 bridgehead atoms. The van der Waals surface area contributed by atoms with Crippen LogP contribution in [0, 0.1) is 5.92 Å². The largest absolute Gasteiger partial charge is 0.229 e. The zero-order valence-corrected chi connectivity index (χ0v) is 16.1. The van der Waals surface area contributed by atoms with Crippen LogP contribution in [0.2, 0.25) is 0 Å². The lowest BCUT2D eigenvalue weighted by Crippen LogP contribution is -2.10. The molecule has 1 aromatic rings. The summed E-state index contributed by atoms with van der Waals surface area (Å²) in [6.45, 7) is 5.63. The smallest absolute Gasteiger partial charge is 0.149 e. The Morgan fingerprint density at radius 3 is 1.76 bits per heavy atom. The predicted octanol–water partition coefficient (Wildman–Crippen LogP) is 5.48. The Labute approximate surface area is 139 Å². The van der Waals surface area contributed by atoms with Crippen LogP contribution in [0.3, 0.4) is 0 Å². The number of hydrogen-bond acceptors (Lipinski definition) is 2. The first kappa shape index (κ1) is 20.6. The van der Waals surface area contributed by atoms with Gasteiger partial charge in [-0.2, -0.15) is 0 Å². The van der Waals surface area contributed by atoms with Crippen LogP contribution in [-0.2, 0) is 9.84 Å². The molecule has 21 heavy (non-hydrogen) atoms. The van der Waals surface area contributed by atoms with Crippen LogP contribution in [-0.4, -0.2) is 19.9 Å². The van der Waals surface area contributed by atoms with Crippen molar-refractivity contribution in [3.63, 3.8) is 0 Å². The SMILES string of the molecule is Brc1ccccc1.CC(C)S(C)(=O)=O.CCC1CCCC1. The van der Waals surface area contributed by atoms with Gasteiger partial charge in [0.15, 0.2) is 0 Å². The molecule has 0 spiro atoms. The van der Waals surface area contributed by atoms with E-state index in [-0.39, 0.29) is 5.25 Å². The molecular formula is C17H29BrO2S. The molecule has 0 saturated heterocycles. The van der Waals surface area contributed by atoms with E-state index in [2.05, 4.69) is 22.9 Å². The van der Waals surface area contributed by atoms with Gasteiger partial charge in [-0.3, -0.25) is 0 Å². The zero-order chi connectivity index (χ0) is 16.3. The van der Waals surface area contributed by atoms with Gasteiger partial charge >= 0.3 is 0 Å². The monoisotopic (exact) mass is 376 g/mol. The maximum Gasteiger partial charge on any atom is 0.149 e. The first-order valence-electron chi connectivity index (χ1n) is 7.66. The molecule has 1 aliphatic carbocycles. The van der Waals surface area contributed by atoms with E-state index in [4.69, 9.17) is 0 Å². The van der Waals surface area contributed by atoms with E-state index in [0.29, 0.717) is 0 Å². The maximum absolute atomic E-state index is 10.3. The standard InChI is InChI=1S/C7H14.C6H5Br.C4H10O2S/c1-2-7-5-3-4-6-7;7-6-4-2-1-3-5-6;1-4(2)7(3,5)6/h7H,2-6H2,1H3;1-5H;4H,1-3H3.